The van der Waals surface area contributed by atoms with Crippen molar-refractivity contribution in [2.24, 2.45) is 17.6 Å². The molecule has 2 nitrogen and oxygen atoms in total. The standard InChI is InChI=1S/C16H23NOS/c1-12-6-13(2)8-15(7-12)18-10-16-9-14(11-19-16)4-3-5-17/h9,11-13,15H,5-8,10,17H2,1-2H3. The molecule has 1 fully saturated rings. The second-order valence-corrected chi connectivity index (χ2v) is 6.65. The lowest BCUT2D eigenvalue weighted by Crippen LogP contribution is -2.26. The van der Waals surface area contributed by atoms with E-state index in [1.807, 2.05) is 0 Å². The zero-order valence-corrected chi connectivity index (χ0v) is 12.6. The number of ether oxygens (including phenoxy) is 1. The number of hydrogen-bond acceptors (Lipinski definition) is 3. The monoisotopic (exact) mass is 277 g/mol. The Morgan fingerprint density at radius 2 is 2.05 bits per heavy atom. The molecule has 1 aromatic heterocycles. The lowest BCUT2D eigenvalue weighted by Gasteiger charge is -2.31. The third-order valence-corrected chi connectivity index (χ3v) is 4.50. The van der Waals surface area contributed by atoms with E-state index in [9.17, 15) is 0 Å². The fourth-order valence-corrected chi connectivity index (χ4v) is 3.62. The van der Waals surface area contributed by atoms with Crippen LogP contribution in [0.3, 0.4) is 0 Å². The van der Waals surface area contributed by atoms with Gasteiger partial charge in [-0.3, -0.25) is 0 Å². The summed E-state index contributed by atoms with van der Waals surface area (Å²) in [5.74, 6) is 7.52. The highest BCUT2D eigenvalue weighted by Gasteiger charge is 2.24. The number of thiophene rings is 1. The summed E-state index contributed by atoms with van der Waals surface area (Å²) in [6, 6.07) is 2.11. The van der Waals surface area contributed by atoms with E-state index in [1.165, 1.54) is 24.1 Å². The molecule has 2 unspecified atom stereocenters. The molecule has 1 heterocycles. The minimum absolute atomic E-state index is 0.416. The van der Waals surface area contributed by atoms with Gasteiger partial charge in [0.15, 0.2) is 0 Å². The van der Waals surface area contributed by atoms with Crippen LogP contribution >= 0.6 is 11.3 Å². The first-order chi connectivity index (χ1) is 9.17. The van der Waals surface area contributed by atoms with Crippen LogP contribution in [0.25, 0.3) is 0 Å². The molecule has 0 aromatic carbocycles. The molecule has 19 heavy (non-hydrogen) atoms. The van der Waals surface area contributed by atoms with Gasteiger partial charge in [-0.15, -0.1) is 11.3 Å². The van der Waals surface area contributed by atoms with Gasteiger partial charge in [0.05, 0.1) is 19.3 Å². The van der Waals surface area contributed by atoms with Gasteiger partial charge in [-0.2, -0.15) is 0 Å². The molecule has 3 heteroatoms. The zero-order valence-electron chi connectivity index (χ0n) is 11.8. The molecule has 0 bridgehead atoms. The van der Waals surface area contributed by atoms with Crippen LogP contribution in [0.2, 0.25) is 0 Å². The Morgan fingerprint density at radius 1 is 1.32 bits per heavy atom. The van der Waals surface area contributed by atoms with E-state index in [0.717, 1.165) is 24.0 Å². The smallest absolute Gasteiger partial charge is 0.0813 e. The zero-order chi connectivity index (χ0) is 13.7. The molecule has 1 aliphatic rings. The van der Waals surface area contributed by atoms with Gasteiger partial charge in [0.25, 0.3) is 0 Å². The van der Waals surface area contributed by atoms with Crippen LogP contribution in [-0.4, -0.2) is 12.6 Å². The Hall–Kier alpha value is -0.820. The van der Waals surface area contributed by atoms with Crippen molar-refractivity contribution in [3.8, 4) is 11.8 Å². The van der Waals surface area contributed by atoms with Crippen LogP contribution in [-0.2, 0) is 11.3 Å². The highest BCUT2D eigenvalue weighted by Crippen LogP contribution is 2.31. The van der Waals surface area contributed by atoms with E-state index < -0.39 is 0 Å². The SMILES string of the molecule is CC1CC(C)CC(OCc2cc(C#CCN)cs2)C1. The molecule has 0 spiro atoms. The van der Waals surface area contributed by atoms with Gasteiger partial charge in [-0.05, 0) is 37.2 Å². The molecule has 2 rings (SSSR count). The van der Waals surface area contributed by atoms with Crippen LogP contribution in [0, 0.1) is 23.7 Å². The molecule has 2 atom stereocenters. The van der Waals surface area contributed by atoms with Crippen LogP contribution < -0.4 is 5.73 Å². The van der Waals surface area contributed by atoms with Gasteiger partial charge in [0.2, 0.25) is 0 Å². The van der Waals surface area contributed by atoms with Crippen molar-refractivity contribution in [1.29, 1.82) is 0 Å². The van der Waals surface area contributed by atoms with Crippen molar-refractivity contribution in [3.63, 3.8) is 0 Å². The molecule has 1 aromatic rings. The first kappa shape index (κ1) is 14.6. The molecular formula is C16H23NOS. The van der Waals surface area contributed by atoms with Crippen LogP contribution in [0.15, 0.2) is 11.4 Å². The highest BCUT2D eigenvalue weighted by molar-refractivity contribution is 7.10. The van der Waals surface area contributed by atoms with Crippen molar-refractivity contribution in [1.82, 2.24) is 0 Å². The summed E-state index contributed by atoms with van der Waals surface area (Å²) in [5.41, 5.74) is 6.43. The maximum absolute atomic E-state index is 6.07. The van der Waals surface area contributed by atoms with Gasteiger partial charge in [-0.25, -0.2) is 0 Å². The van der Waals surface area contributed by atoms with Gasteiger partial charge in [0.1, 0.15) is 0 Å². The van der Waals surface area contributed by atoms with Crippen molar-refractivity contribution >= 4 is 11.3 Å². The van der Waals surface area contributed by atoms with Gasteiger partial charge < -0.3 is 10.5 Å². The van der Waals surface area contributed by atoms with Crippen LogP contribution in [0.5, 0.6) is 0 Å². The maximum atomic E-state index is 6.07. The highest BCUT2D eigenvalue weighted by atomic mass is 32.1. The summed E-state index contributed by atoms with van der Waals surface area (Å²) in [5, 5.41) is 2.08. The Morgan fingerprint density at radius 3 is 2.74 bits per heavy atom. The Kier molecular flexibility index (Phi) is 5.45. The lowest BCUT2D eigenvalue weighted by atomic mass is 9.82. The summed E-state index contributed by atoms with van der Waals surface area (Å²) in [4.78, 5) is 1.26. The predicted octanol–water partition coefficient (Wildman–Crippen LogP) is 3.40. The van der Waals surface area contributed by atoms with Crippen molar-refractivity contribution in [2.75, 3.05) is 6.54 Å². The van der Waals surface area contributed by atoms with Crippen molar-refractivity contribution in [3.05, 3.63) is 21.9 Å². The molecular weight excluding hydrogens is 254 g/mol. The van der Waals surface area contributed by atoms with E-state index in [4.69, 9.17) is 10.5 Å². The average molecular weight is 277 g/mol. The summed E-state index contributed by atoms with van der Waals surface area (Å²) >= 11 is 1.72. The molecule has 1 saturated carbocycles. The van der Waals surface area contributed by atoms with Crippen molar-refractivity contribution < 1.29 is 4.74 Å². The van der Waals surface area contributed by atoms with Gasteiger partial charge in [0, 0.05) is 15.8 Å². The fourth-order valence-electron chi connectivity index (χ4n) is 2.88. The minimum Gasteiger partial charge on any atom is -0.373 e. The molecule has 0 radical (unpaired) electrons. The van der Waals surface area contributed by atoms with Crippen LogP contribution in [0.1, 0.15) is 43.6 Å². The molecule has 2 N–H and O–H groups in total. The summed E-state index contributed by atoms with van der Waals surface area (Å²) < 4.78 is 6.07. The van der Waals surface area contributed by atoms with Gasteiger partial charge >= 0.3 is 0 Å². The predicted molar refractivity (Wildman–Crippen MR) is 81.0 cm³/mol. The Balaban J connectivity index is 1.83. The van der Waals surface area contributed by atoms with E-state index in [-0.39, 0.29) is 0 Å². The Bertz CT molecular complexity index is 447. The summed E-state index contributed by atoms with van der Waals surface area (Å²) in [6.45, 7) is 5.80. The third-order valence-electron chi connectivity index (χ3n) is 3.59. The van der Waals surface area contributed by atoms with Gasteiger partial charge in [-0.1, -0.05) is 25.7 Å². The van der Waals surface area contributed by atoms with E-state index in [0.29, 0.717) is 12.6 Å². The normalized spacial score (nSPS) is 26.8. The third kappa shape index (κ3) is 4.65. The number of rotatable bonds is 3. The largest absolute Gasteiger partial charge is 0.373 e. The van der Waals surface area contributed by atoms with E-state index in [2.05, 4.69) is 37.1 Å². The maximum Gasteiger partial charge on any atom is 0.0813 e. The molecule has 0 saturated heterocycles. The van der Waals surface area contributed by atoms with Crippen molar-refractivity contribution in [2.45, 2.75) is 45.8 Å². The lowest BCUT2D eigenvalue weighted by molar-refractivity contribution is -0.00804. The summed E-state index contributed by atoms with van der Waals surface area (Å²) in [7, 11) is 0. The second kappa shape index (κ2) is 7.09. The second-order valence-electron chi connectivity index (χ2n) is 5.66. The number of hydrogen-bond donors (Lipinski definition) is 1. The average Bonchev–Trinajstić information content (AvgIpc) is 2.81. The molecule has 0 aliphatic heterocycles. The number of nitrogens with two attached hydrogens (primary N) is 1. The first-order valence-corrected chi connectivity index (χ1v) is 7.93. The van der Waals surface area contributed by atoms with E-state index in [1.54, 1.807) is 11.3 Å². The Labute approximate surface area is 120 Å². The minimum atomic E-state index is 0.416. The van der Waals surface area contributed by atoms with Crippen LogP contribution in [0.4, 0.5) is 0 Å². The fraction of sp³-hybridized carbons (Fsp3) is 0.625. The quantitative estimate of drug-likeness (QED) is 0.859. The van der Waals surface area contributed by atoms with E-state index >= 15 is 0 Å². The summed E-state index contributed by atoms with van der Waals surface area (Å²) in [6.07, 6.45) is 4.18. The molecule has 1 aliphatic carbocycles. The topological polar surface area (TPSA) is 35.2 Å². The molecule has 104 valence electrons. The molecule has 0 amide bonds. The first-order valence-electron chi connectivity index (χ1n) is 7.05.